The lowest BCUT2D eigenvalue weighted by Crippen LogP contribution is -2.36. The van der Waals surface area contributed by atoms with Crippen LogP contribution in [0.15, 0.2) is 22.7 Å². The minimum atomic E-state index is -0.142. The summed E-state index contributed by atoms with van der Waals surface area (Å²) >= 11 is 3.17. The van der Waals surface area contributed by atoms with Crippen LogP contribution in [-0.2, 0) is 0 Å². The van der Waals surface area contributed by atoms with Crippen molar-refractivity contribution in [1.29, 1.82) is 0 Å². The third-order valence-electron chi connectivity index (χ3n) is 2.60. The quantitative estimate of drug-likeness (QED) is 0.766. The zero-order chi connectivity index (χ0) is 11.5. The summed E-state index contributed by atoms with van der Waals surface area (Å²) in [5.74, 6) is -0.0614. The highest BCUT2D eigenvalue weighted by Gasteiger charge is 2.17. The Bertz CT molecular complexity index is 403. The Labute approximate surface area is 102 Å². The van der Waals surface area contributed by atoms with E-state index in [-0.39, 0.29) is 17.7 Å². The van der Waals surface area contributed by atoms with Crippen LogP contribution in [0.25, 0.3) is 0 Å². The molecule has 0 spiro atoms. The molecule has 1 saturated heterocycles. The molecule has 1 aliphatic rings. The molecule has 0 saturated carbocycles. The molecule has 3 N–H and O–H groups in total. The molecule has 0 bridgehead atoms. The molecule has 0 aromatic heterocycles. The number of phenols is 1. The smallest absolute Gasteiger partial charge is 0.251 e. The van der Waals surface area contributed by atoms with Crippen molar-refractivity contribution in [3.63, 3.8) is 0 Å². The molecule has 0 aliphatic carbocycles. The van der Waals surface area contributed by atoms with E-state index in [1.54, 1.807) is 12.1 Å². The Balaban J connectivity index is 2.05. The fourth-order valence-electron chi connectivity index (χ4n) is 1.70. The first-order chi connectivity index (χ1) is 7.66. The molecule has 1 aromatic carbocycles. The van der Waals surface area contributed by atoms with Gasteiger partial charge in [0, 0.05) is 18.2 Å². The van der Waals surface area contributed by atoms with Crippen LogP contribution in [0, 0.1) is 0 Å². The van der Waals surface area contributed by atoms with E-state index in [0.717, 1.165) is 19.5 Å². The number of carbonyl (C=O) groups is 1. The third kappa shape index (κ3) is 2.54. The number of halogens is 1. The van der Waals surface area contributed by atoms with E-state index < -0.39 is 0 Å². The summed E-state index contributed by atoms with van der Waals surface area (Å²) in [4.78, 5) is 11.8. The Morgan fingerprint density at radius 2 is 2.38 bits per heavy atom. The van der Waals surface area contributed by atoms with Crippen molar-refractivity contribution in [2.75, 3.05) is 13.1 Å². The van der Waals surface area contributed by atoms with Gasteiger partial charge in [-0.3, -0.25) is 4.79 Å². The van der Waals surface area contributed by atoms with E-state index in [2.05, 4.69) is 26.6 Å². The summed E-state index contributed by atoms with van der Waals surface area (Å²) in [6.07, 6.45) is 0.953. The van der Waals surface area contributed by atoms with Gasteiger partial charge in [-0.15, -0.1) is 0 Å². The Morgan fingerprint density at radius 1 is 1.56 bits per heavy atom. The normalized spacial score (nSPS) is 19.7. The Kier molecular flexibility index (Phi) is 3.46. The van der Waals surface area contributed by atoms with Gasteiger partial charge < -0.3 is 15.7 Å². The SMILES string of the molecule is O=C(N[C@@H]1CCNC1)c1ccc(Br)c(O)c1. The monoisotopic (exact) mass is 284 g/mol. The van der Waals surface area contributed by atoms with Gasteiger partial charge in [-0.05, 0) is 47.1 Å². The predicted octanol–water partition coefficient (Wildman–Crippen LogP) is 1.25. The fourth-order valence-corrected chi connectivity index (χ4v) is 1.95. The number of hydrogen-bond donors (Lipinski definition) is 3. The van der Waals surface area contributed by atoms with Gasteiger partial charge >= 0.3 is 0 Å². The zero-order valence-corrected chi connectivity index (χ0v) is 10.3. The highest BCUT2D eigenvalue weighted by molar-refractivity contribution is 9.10. The molecule has 1 aromatic rings. The van der Waals surface area contributed by atoms with Crippen LogP contribution in [-0.4, -0.2) is 30.1 Å². The van der Waals surface area contributed by atoms with Crippen LogP contribution in [0.1, 0.15) is 16.8 Å². The Morgan fingerprint density at radius 3 is 3.00 bits per heavy atom. The molecule has 16 heavy (non-hydrogen) atoms. The zero-order valence-electron chi connectivity index (χ0n) is 8.66. The first-order valence-electron chi connectivity index (χ1n) is 5.17. The second kappa shape index (κ2) is 4.84. The molecule has 5 heteroatoms. The highest BCUT2D eigenvalue weighted by atomic mass is 79.9. The van der Waals surface area contributed by atoms with Crippen molar-refractivity contribution >= 4 is 21.8 Å². The van der Waals surface area contributed by atoms with E-state index in [1.165, 1.54) is 6.07 Å². The van der Waals surface area contributed by atoms with Gasteiger partial charge in [-0.25, -0.2) is 0 Å². The summed E-state index contributed by atoms with van der Waals surface area (Å²) in [5.41, 5.74) is 0.479. The van der Waals surface area contributed by atoms with Gasteiger partial charge in [0.05, 0.1) is 4.47 Å². The van der Waals surface area contributed by atoms with Crippen molar-refractivity contribution in [2.24, 2.45) is 0 Å². The van der Waals surface area contributed by atoms with E-state index in [0.29, 0.717) is 10.0 Å². The summed E-state index contributed by atoms with van der Waals surface area (Å²) in [7, 11) is 0. The average molecular weight is 285 g/mol. The molecule has 1 heterocycles. The predicted molar refractivity (Wildman–Crippen MR) is 64.5 cm³/mol. The summed E-state index contributed by atoms with van der Waals surface area (Å²) < 4.78 is 0.589. The van der Waals surface area contributed by atoms with Crippen LogP contribution >= 0.6 is 15.9 Å². The minimum Gasteiger partial charge on any atom is -0.507 e. The van der Waals surface area contributed by atoms with Crippen molar-refractivity contribution in [3.8, 4) is 5.75 Å². The van der Waals surface area contributed by atoms with E-state index in [1.807, 2.05) is 0 Å². The number of aromatic hydroxyl groups is 1. The standard InChI is InChI=1S/C11H13BrN2O2/c12-9-2-1-7(5-10(9)15)11(16)14-8-3-4-13-6-8/h1-2,5,8,13,15H,3-4,6H2,(H,14,16)/t8-/m1/s1. The van der Waals surface area contributed by atoms with E-state index >= 15 is 0 Å². The van der Waals surface area contributed by atoms with E-state index in [4.69, 9.17) is 0 Å². The van der Waals surface area contributed by atoms with Gasteiger partial charge in [0.2, 0.25) is 0 Å². The molecular formula is C11H13BrN2O2. The lowest BCUT2D eigenvalue weighted by atomic mass is 10.2. The van der Waals surface area contributed by atoms with Gasteiger partial charge in [0.15, 0.2) is 0 Å². The number of hydrogen-bond acceptors (Lipinski definition) is 3. The molecule has 1 aliphatic heterocycles. The van der Waals surface area contributed by atoms with Crippen molar-refractivity contribution in [1.82, 2.24) is 10.6 Å². The third-order valence-corrected chi connectivity index (χ3v) is 3.27. The molecule has 2 rings (SSSR count). The van der Waals surface area contributed by atoms with Crippen LogP contribution in [0.5, 0.6) is 5.75 Å². The number of phenolic OH excluding ortho intramolecular Hbond substituents is 1. The number of nitrogens with one attached hydrogen (secondary N) is 2. The van der Waals surface area contributed by atoms with Gasteiger partial charge in [-0.1, -0.05) is 0 Å². The van der Waals surface area contributed by atoms with Crippen molar-refractivity contribution < 1.29 is 9.90 Å². The second-order valence-electron chi connectivity index (χ2n) is 3.83. The van der Waals surface area contributed by atoms with Crippen molar-refractivity contribution in [3.05, 3.63) is 28.2 Å². The number of rotatable bonds is 2. The first-order valence-corrected chi connectivity index (χ1v) is 5.96. The molecule has 0 radical (unpaired) electrons. The van der Waals surface area contributed by atoms with Gasteiger partial charge in [0.1, 0.15) is 5.75 Å². The average Bonchev–Trinajstić information content (AvgIpc) is 2.74. The maximum atomic E-state index is 11.8. The summed E-state index contributed by atoms with van der Waals surface area (Å²) in [6, 6.07) is 5.00. The molecule has 0 unspecified atom stereocenters. The first kappa shape index (κ1) is 11.4. The van der Waals surface area contributed by atoms with Crippen LogP contribution in [0.3, 0.4) is 0 Å². The maximum Gasteiger partial charge on any atom is 0.251 e. The van der Waals surface area contributed by atoms with Gasteiger partial charge in [-0.2, -0.15) is 0 Å². The molecule has 86 valence electrons. The molecule has 1 atom stereocenters. The molecule has 1 amide bonds. The van der Waals surface area contributed by atoms with Crippen molar-refractivity contribution in [2.45, 2.75) is 12.5 Å². The molecular weight excluding hydrogens is 272 g/mol. The lowest BCUT2D eigenvalue weighted by molar-refractivity contribution is 0.0939. The van der Waals surface area contributed by atoms with Crippen LogP contribution in [0.4, 0.5) is 0 Å². The number of carbonyl (C=O) groups excluding carboxylic acids is 1. The number of benzene rings is 1. The second-order valence-corrected chi connectivity index (χ2v) is 4.68. The summed E-state index contributed by atoms with van der Waals surface area (Å²) in [6.45, 7) is 1.75. The number of amides is 1. The van der Waals surface area contributed by atoms with Crippen LogP contribution < -0.4 is 10.6 Å². The molecule has 4 nitrogen and oxygen atoms in total. The van der Waals surface area contributed by atoms with Crippen LogP contribution in [0.2, 0.25) is 0 Å². The fraction of sp³-hybridized carbons (Fsp3) is 0.364. The van der Waals surface area contributed by atoms with E-state index in [9.17, 15) is 9.90 Å². The largest absolute Gasteiger partial charge is 0.507 e. The molecule has 1 fully saturated rings. The highest BCUT2D eigenvalue weighted by Crippen LogP contribution is 2.24. The minimum absolute atomic E-state index is 0.0807. The Hall–Kier alpha value is -1.07. The van der Waals surface area contributed by atoms with Gasteiger partial charge in [0.25, 0.3) is 5.91 Å². The topological polar surface area (TPSA) is 61.4 Å². The maximum absolute atomic E-state index is 11.8. The summed E-state index contributed by atoms with van der Waals surface area (Å²) in [5, 5.41) is 15.6. The lowest BCUT2D eigenvalue weighted by Gasteiger charge is -2.11.